The largest absolute Gasteiger partial charge is 0.497 e. The molecular weight excluding hydrogens is 432 g/mol. The van der Waals surface area contributed by atoms with Crippen LogP contribution in [0.3, 0.4) is 0 Å². The number of thiophene rings is 1. The average molecular weight is 457 g/mol. The molecule has 0 saturated carbocycles. The predicted octanol–water partition coefficient (Wildman–Crippen LogP) is 5.70. The van der Waals surface area contributed by atoms with Crippen LogP contribution in [0.5, 0.6) is 5.75 Å². The van der Waals surface area contributed by atoms with Crippen LogP contribution in [0.1, 0.15) is 36.2 Å². The maximum atomic E-state index is 12.7. The molecule has 1 aliphatic rings. The number of hydrogen-bond donors (Lipinski definition) is 0. The lowest BCUT2D eigenvalue weighted by Crippen LogP contribution is -2.25. The molecule has 1 atom stereocenters. The van der Waals surface area contributed by atoms with Crippen LogP contribution in [0.2, 0.25) is 0 Å². The number of nitrogens with zero attached hydrogens (tertiary/aromatic N) is 4. The highest BCUT2D eigenvalue weighted by atomic mass is 32.1. The Kier molecular flexibility index (Phi) is 5.79. The lowest BCUT2D eigenvalue weighted by molar-refractivity contribution is -0.132. The molecule has 166 valence electrons. The molecule has 4 aromatic rings. The number of rotatable bonds is 6. The number of carbonyl (C=O) groups is 1. The number of hydrogen-bond acceptors (Lipinski definition) is 5. The Bertz CT molecular complexity index is 1280. The smallest absolute Gasteiger partial charge is 0.243 e. The molecule has 0 N–H and O–H groups in total. The van der Waals surface area contributed by atoms with Crippen molar-refractivity contribution >= 4 is 23.0 Å². The van der Waals surface area contributed by atoms with E-state index in [2.05, 4.69) is 6.07 Å². The van der Waals surface area contributed by atoms with Crippen LogP contribution in [-0.4, -0.2) is 33.5 Å². The molecule has 0 bridgehead atoms. The minimum Gasteiger partial charge on any atom is -0.497 e. The van der Waals surface area contributed by atoms with Gasteiger partial charge in [-0.2, -0.15) is 10.2 Å². The minimum atomic E-state index is -0.0868. The highest BCUT2D eigenvalue weighted by Crippen LogP contribution is 2.37. The maximum Gasteiger partial charge on any atom is 0.243 e. The van der Waals surface area contributed by atoms with Gasteiger partial charge in [-0.15, -0.1) is 11.3 Å². The van der Waals surface area contributed by atoms with Crippen LogP contribution in [-0.2, 0) is 4.79 Å². The van der Waals surface area contributed by atoms with Gasteiger partial charge in [-0.3, -0.25) is 4.79 Å². The summed E-state index contributed by atoms with van der Waals surface area (Å²) in [6.45, 7) is 1.87. The van der Waals surface area contributed by atoms with Gasteiger partial charge in [-0.1, -0.05) is 31.2 Å². The Morgan fingerprint density at radius 1 is 1.09 bits per heavy atom. The van der Waals surface area contributed by atoms with Gasteiger partial charge in [0.25, 0.3) is 0 Å². The summed E-state index contributed by atoms with van der Waals surface area (Å²) in [4.78, 5) is 13.9. The van der Waals surface area contributed by atoms with Crippen molar-refractivity contribution in [2.45, 2.75) is 25.8 Å². The first kappa shape index (κ1) is 21.2. The number of hydrazone groups is 1. The summed E-state index contributed by atoms with van der Waals surface area (Å²) in [6.07, 6.45) is 3.07. The molecular formula is C26H24N4O2S. The number of aromatic nitrogens is 2. The molecule has 1 amide bonds. The second-order valence-electron chi connectivity index (χ2n) is 7.77. The van der Waals surface area contributed by atoms with Crippen LogP contribution in [0.25, 0.3) is 16.9 Å². The van der Waals surface area contributed by atoms with Gasteiger partial charge < -0.3 is 4.74 Å². The summed E-state index contributed by atoms with van der Waals surface area (Å²) in [5.74, 6) is 0.809. The van der Waals surface area contributed by atoms with Crippen molar-refractivity contribution in [2.24, 2.45) is 5.10 Å². The van der Waals surface area contributed by atoms with Gasteiger partial charge >= 0.3 is 0 Å². The standard InChI is InChI=1S/C26H24N4O2S/c1-3-25(31)30-23(24-10-7-15-33-24)16-22(27-30)21-17-29(19-8-5-4-6-9-19)28-26(21)18-11-13-20(32-2)14-12-18/h4-15,17,23H,3,16H2,1-2H3/t23-/m1/s1. The fourth-order valence-electron chi connectivity index (χ4n) is 4.03. The first-order valence-corrected chi connectivity index (χ1v) is 11.8. The van der Waals surface area contributed by atoms with Crippen LogP contribution in [0, 0.1) is 0 Å². The Hall–Kier alpha value is -3.71. The van der Waals surface area contributed by atoms with Crippen molar-refractivity contribution in [2.75, 3.05) is 7.11 Å². The molecule has 0 radical (unpaired) electrons. The molecule has 0 unspecified atom stereocenters. The molecule has 33 heavy (non-hydrogen) atoms. The maximum absolute atomic E-state index is 12.7. The van der Waals surface area contributed by atoms with Crippen LogP contribution in [0.4, 0.5) is 0 Å². The van der Waals surface area contributed by atoms with Crippen molar-refractivity contribution in [3.8, 4) is 22.7 Å². The van der Waals surface area contributed by atoms with Gasteiger partial charge in [0.15, 0.2) is 0 Å². The number of ether oxygens (including phenoxy) is 1. The third-order valence-electron chi connectivity index (χ3n) is 5.75. The third kappa shape index (κ3) is 4.07. The SMILES string of the molecule is CCC(=O)N1N=C(c2cn(-c3ccccc3)nc2-c2ccc(OC)cc2)C[C@@H]1c1cccs1. The molecule has 0 saturated heterocycles. The van der Waals surface area contributed by atoms with Gasteiger partial charge in [0.2, 0.25) is 5.91 Å². The number of methoxy groups -OCH3 is 1. The van der Waals surface area contributed by atoms with Crippen molar-refractivity contribution < 1.29 is 9.53 Å². The lowest BCUT2D eigenvalue weighted by atomic mass is 10.00. The molecule has 0 aliphatic carbocycles. The van der Waals surface area contributed by atoms with E-state index in [1.54, 1.807) is 23.5 Å². The average Bonchev–Trinajstić information content (AvgIpc) is 3.63. The molecule has 0 fully saturated rings. The number of carbonyl (C=O) groups excluding carboxylic acids is 1. The Morgan fingerprint density at radius 3 is 2.55 bits per heavy atom. The van der Waals surface area contributed by atoms with Crippen molar-refractivity contribution in [3.63, 3.8) is 0 Å². The topological polar surface area (TPSA) is 59.7 Å². The van der Waals surface area contributed by atoms with Gasteiger partial charge in [0.1, 0.15) is 11.4 Å². The summed E-state index contributed by atoms with van der Waals surface area (Å²) in [5, 5.41) is 13.4. The van der Waals surface area contributed by atoms with E-state index < -0.39 is 0 Å². The molecule has 3 heterocycles. The first-order valence-electron chi connectivity index (χ1n) is 10.9. The highest BCUT2D eigenvalue weighted by molar-refractivity contribution is 7.10. The van der Waals surface area contributed by atoms with Crippen molar-refractivity contribution in [3.05, 3.63) is 88.7 Å². The molecule has 7 heteroatoms. The van der Waals surface area contributed by atoms with Crippen molar-refractivity contribution in [1.82, 2.24) is 14.8 Å². The molecule has 5 rings (SSSR count). The van der Waals surface area contributed by atoms with Gasteiger partial charge in [0, 0.05) is 35.0 Å². The summed E-state index contributed by atoms with van der Waals surface area (Å²) >= 11 is 1.65. The lowest BCUT2D eigenvalue weighted by Gasteiger charge is -2.19. The van der Waals surface area contributed by atoms with Gasteiger partial charge in [-0.25, -0.2) is 9.69 Å². The van der Waals surface area contributed by atoms with Crippen LogP contribution >= 0.6 is 11.3 Å². The van der Waals surface area contributed by atoms with E-state index in [9.17, 15) is 4.79 Å². The van der Waals surface area contributed by atoms with E-state index >= 15 is 0 Å². The third-order valence-corrected chi connectivity index (χ3v) is 6.72. The second kappa shape index (κ2) is 9.03. The monoisotopic (exact) mass is 456 g/mol. The highest BCUT2D eigenvalue weighted by Gasteiger charge is 2.34. The van der Waals surface area contributed by atoms with Crippen LogP contribution in [0.15, 0.2) is 83.4 Å². The summed E-state index contributed by atoms with van der Waals surface area (Å²) < 4.78 is 7.20. The van der Waals surface area contributed by atoms with E-state index in [1.165, 1.54) is 0 Å². The van der Waals surface area contributed by atoms with Gasteiger partial charge in [-0.05, 0) is 47.8 Å². The predicted molar refractivity (Wildman–Crippen MR) is 131 cm³/mol. The molecule has 2 aromatic heterocycles. The summed E-state index contributed by atoms with van der Waals surface area (Å²) in [7, 11) is 1.65. The fourth-order valence-corrected chi connectivity index (χ4v) is 4.84. The molecule has 1 aliphatic heterocycles. The Labute approximate surface area is 196 Å². The van der Waals surface area contributed by atoms with E-state index in [1.807, 2.05) is 83.8 Å². The zero-order valence-corrected chi connectivity index (χ0v) is 19.3. The van der Waals surface area contributed by atoms with Gasteiger partial charge in [0.05, 0.1) is 24.6 Å². The van der Waals surface area contributed by atoms with Crippen LogP contribution < -0.4 is 4.74 Å². The molecule has 6 nitrogen and oxygen atoms in total. The normalized spacial score (nSPS) is 15.5. The molecule has 2 aromatic carbocycles. The van der Waals surface area contributed by atoms with Crippen molar-refractivity contribution in [1.29, 1.82) is 0 Å². The fraction of sp³-hybridized carbons (Fsp3) is 0.192. The zero-order chi connectivity index (χ0) is 22.8. The minimum absolute atomic E-state index is 0.0184. The van der Waals surface area contributed by atoms with E-state index in [0.29, 0.717) is 12.8 Å². The Morgan fingerprint density at radius 2 is 1.88 bits per heavy atom. The zero-order valence-electron chi connectivity index (χ0n) is 18.5. The Balaban J connectivity index is 1.61. The van der Waals surface area contributed by atoms with E-state index in [0.717, 1.165) is 38.8 Å². The first-order chi connectivity index (χ1) is 16.2. The van der Waals surface area contributed by atoms with E-state index in [4.69, 9.17) is 14.9 Å². The number of amides is 1. The van der Waals surface area contributed by atoms with E-state index in [-0.39, 0.29) is 11.9 Å². The molecule has 0 spiro atoms. The summed E-state index contributed by atoms with van der Waals surface area (Å²) in [5.41, 5.74) is 4.56. The second-order valence-corrected chi connectivity index (χ2v) is 8.75. The summed E-state index contributed by atoms with van der Waals surface area (Å²) in [6, 6.07) is 21.9. The number of benzene rings is 2. The quantitative estimate of drug-likeness (QED) is 0.374. The number of para-hydroxylation sites is 1.